The summed E-state index contributed by atoms with van der Waals surface area (Å²) in [6.07, 6.45) is 4.25. The standard InChI is InChI=1S/C29H24N4O2S2/c1-19(20-9-3-2-4-10-20)33-28(35)24(37-29(33)36)17-23-26(30-25-13-7-8-15-32(25)27(23)34)31-16-14-21-11-5-6-12-22(21)18-31/h2-13,15,17,19H,14,16,18H2,1H3/b24-17-/t19-/m0/s1. The third-order valence-corrected chi connectivity index (χ3v) is 8.28. The van der Waals surface area contributed by atoms with Gasteiger partial charge in [-0.3, -0.25) is 18.9 Å². The molecule has 2 aromatic carbocycles. The van der Waals surface area contributed by atoms with Crippen molar-refractivity contribution in [1.29, 1.82) is 0 Å². The first kappa shape index (κ1) is 23.6. The number of nitrogens with zero attached hydrogens (tertiary/aromatic N) is 4. The van der Waals surface area contributed by atoms with E-state index in [1.165, 1.54) is 27.3 Å². The molecule has 184 valence electrons. The minimum atomic E-state index is -0.214. The molecule has 0 radical (unpaired) electrons. The Bertz CT molecular complexity index is 1630. The van der Waals surface area contributed by atoms with Crippen molar-refractivity contribution < 1.29 is 4.79 Å². The van der Waals surface area contributed by atoms with E-state index in [1.54, 1.807) is 23.2 Å². The predicted octanol–water partition coefficient (Wildman–Crippen LogP) is 5.22. The SMILES string of the molecule is C[C@@H](c1ccccc1)N1C(=O)/C(=C/c2c(N3CCc4ccccc4C3)nc3ccccn3c2=O)SC1=S. The number of aromatic nitrogens is 2. The molecule has 2 aromatic heterocycles. The van der Waals surface area contributed by atoms with Crippen LogP contribution in [0.1, 0.15) is 35.2 Å². The summed E-state index contributed by atoms with van der Waals surface area (Å²) in [5.74, 6) is 0.394. The lowest BCUT2D eigenvalue weighted by Gasteiger charge is -2.30. The molecule has 2 aliphatic rings. The Morgan fingerprint density at radius 1 is 0.973 bits per heavy atom. The van der Waals surface area contributed by atoms with Crippen LogP contribution in [0.25, 0.3) is 11.7 Å². The third-order valence-electron chi connectivity index (χ3n) is 6.95. The number of benzene rings is 2. The summed E-state index contributed by atoms with van der Waals surface area (Å²) in [6.45, 7) is 3.35. The maximum Gasteiger partial charge on any atom is 0.267 e. The molecule has 8 heteroatoms. The van der Waals surface area contributed by atoms with Gasteiger partial charge in [0.15, 0.2) is 0 Å². The summed E-state index contributed by atoms with van der Waals surface area (Å²) in [6, 6.07) is 23.4. The zero-order valence-corrected chi connectivity index (χ0v) is 21.8. The van der Waals surface area contributed by atoms with E-state index >= 15 is 0 Å². The third kappa shape index (κ3) is 4.26. The number of rotatable bonds is 4. The average Bonchev–Trinajstić information content (AvgIpc) is 3.22. The van der Waals surface area contributed by atoms with Gasteiger partial charge >= 0.3 is 0 Å². The zero-order valence-electron chi connectivity index (χ0n) is 20.2. The van der Waals surface area contributed by atoms with Crippen molar-refractivity contribution in [1.82, 2.24) is 14.3 Å². The van der Waals surface area contributed by atoms with E-state index in [0.717, 1.165) is 18.5 Å². The summed E-state index contributed by atoms with van der Waals surface area (Å²) in [5, 5.41) is 0. The highest BCUT2D eigenvalue weighted by Crippen LogP contribution is 2.38. The van der Waals surface area contributed by atoms with Gasteiger partial charge in [-0.05, 0) is 48.2 Å². The molecule has 0 aliphatic carbocycles. The van der Waals surface area contributed by atoms with E-state index in [0.29, 0.717) is 32.8 Å². The quantitative estimate of drug-likeness (QED) is 0.270. The van der Waals surface area contributed by atoms with Crippen molar-refractivity contribution >= 4 is 51.7 Å². The molecule has 0 saturated carbocycles. The molecular formula is C29H24N4O2S2. The summed E-state index contributed by atoms with van der Waals surface area (Å²) >= 11 is 6.85. The molecule has 6 nitrogen and oxygen atoms in total. The lowest BCUT2D eigenvalue weighted by Crippen LogP contribution is -2.34. The van der Waals surface area contributed by atoms with Crippen LogP contribution in [0, 0.1) is 0 Å². The summed E-state index contributed by atoms with van der Waals surface area (Å²) < 4.78 is 2.01. The van der Waals surface area contributed by atoms with E-state index in [2.05, 4.69) is 23.1 Å². The highest BCUT2D eigenvalue weighted by Gasteiger charge is 2.36. The van der Waals surface area contributed by atoms with E-state index in [4.69, 9.17) is 17.2 Å². The molecule has 1 fully saturated rings. The Balaban J connectivity index is 1.43. The number of anilines is 1. The molecular weight excluding hydrogens is 500 g/mol. The first-order valence-electron chi connectivity index (χ1n) is 12.2. The van der Waals surface area contributed by atoms with Crippen LogP contribution in [-0.4, -0.2) is 31.1 Å². The summed E-state index contributed by atoms with van der Waals surface area (Å²) in [5.41, 5.74) is 4.30. The summed E-state index contributed by atoms with van der Waals surface area (Å²) in [4.78, 5) is 36.4. The number of pyridine rings is 1. The second-order valence-corrected chi connectivity index (χ2v) is 10.8. The molecule has 4 heterocycles. The maximum atomic E-state index is 13.7. The first-order chi connectivity index (χ1) is 18.0. The average molecular weight is 525 g/mol. The maximum absolute atomic E-state index is 13.7. The van der Waals surface area contributed by atoms with Gasteiger partial charge in [-0.15, -0.1) is 0 Å². The normalized spacial score (nSPS) is 17.5. The molecule has 0 N–H and O–H groups in total. The molecule has 4 aromatic rings. The Labute approximate surface area is 224 Å². The van der Waals surface area contributed by atoms with Crippen molar-refractivity contribution in [2.45, 2.75) is 25.9 Å². The Kier molecular flexibility index (Phi) is 6.14. The van der Waals surface area contributed by atoms with Gasteiger partial charge in [0.25, 0.3) is 11.5 Å². The van der Waals surface area contributed by atoms with E-state index in [-0.39, 0.29) is 17.5 Å². The van der Waals surface area contributed by atoms with Gasteiger partial charge in [0, 0.05) is 19.3 Å². The van der Waals surface area contributed by atoms with Crippen LogP contribution < -0.4 is 10.5 Å². The van der Waals surface area contributed by atoms with Crippen LogP contribution >= 0.6 is 24.0 Å². The highest BCUT2D eigenvalue weighted by atomic mass is 32.2. The van der Waals surface area contributed by atoms with Gasteiger partial charge in [-0.1, -0.05) is 84.6 Å². The van der Waals surface area contributed by atoms with E-state index in [9.17, 15) is 9.59 Å². The van der Waals surface area contributed by atoms with Crippen LogP contribution in [0.3, 0.4) is 0 Å². The van der Waals surface area contributed by atoms with Gasteiger partial charge in [0.05, 0.1) is 16.5 Å². The fraction of sp³-hybridized carbons (Fsp3) is 0.172. The summed E-state index contributed by atoms with van der Waals surface area (Å²) in [7, 11) is 0. The molecule has 6 rings (SSSR count). The first-order valence-corrected chi connectivity index (χ1v) is 13.4. The van der Waals surface area contributed by atoms with Gasteiger partial charge in [0.2, 0.25) is 0 Å². The van der Waals surface area contributed by atoms with Crippen molar-refractivity contribution in [2.75, 3.05) is 11.4 Å². The largest absolute Gasteiger partial charge is 0.351 e. The number of thiocarbonyl (C=S) groups is 1. The van der Waals surface area contributed by atoms with Gasteiger partial charge in [0.1, 0.15) is 15.8 Å². The van der Waals surface area contributed by atoms with Gasteiger partial charge in [-0.25, -0.2) is 4.98 Å². The van der Waals surface area contributed by atoms with Crippen molar-refractivity contribution in [3.8, 4) is 0 Å². The number of amides is 1. The molecule has 0 bridgehead atoms. The number of fused-ring (bicyclic) bond motifs is 2. The molecule has 1 amide bonds. The fourth-order valence-corrected chi connectivity index (χ4v) is 6.36. The van der Waals surface area contributed by atoms with Gasteiger partial charge < -0.3 is 4.90 Å². The van der Waals surface area contributed by atoms with Crippen LogP contribution in [0.5, 0.6) is 0 Å². The van der Waals surface area contributed by atoms with Crippen LogP contribution in [-0.2, 0) is 17.8 Å². The highest BCUT2D eigenvalue weighted by molar-refractivity contribution is 8.26. The topological polar surface area (TPSA) is 57.9 Å². The second-order valence-electron chi connectivity index (χ2n) is 9.16. The lowest BCUT2D eigenvalue weighted by molar-refractivity contribution is -0.123. The predicted molar refractivity (Wildman–Crippen MR) is 153 cm³/mol. The monoisotopic (exact) mass is 524 g/mol. The van der Waals surface area contributed by atoms with Crippen LogP contribution in [0.4, 0.5) is 5.82 Å². The van der Waals surface area contributed by atoms with Gasteiger partial charge in [-0.2, -0.15) is 0 Å². The zero-order chi connectivity index (χ0) is 25.5. The van der Waals surface area contributed by atoms with Crippen molar-refractivity contribution in [3.63, 3.8) is 0 Å². The van der Waals surface area contributed by atoms with Crippen LogP contribution in [0.2, 0.25) is 0 Å². The Morgan fingerprint density at radius 3 is 2.51 bits per heavy atom. The van der Waals surface area contributed by atoms with E-state index in [1.807, 2.05) is 55.5 Å². The Hall–Kier alpha value is -3.75. The van der Waals surface area contributed by atoms with Crippen LogP contribution in [0.15, 0.2) is 88.7 Å². The minimum Gasteiger partial charge on any atom is -0.351 e. The number of carbonyl (C=O) groups is 1. The number of hydrogen-bond donors (Lipinski definition) is 0. The molecule has 0 unspecified atom stereocenters. The number of thioether (sulfide) groups is 1. The second kappa shape index (κ2) is 9.61. The van der Waals surface area contributed by atoms with Crippen molar-refractivity contribution in [2.24, 2.45) is 0 Å². The number of carbonyl (C=O) groups excluding carboxylic acids is 1. The number of hydrogen-bond acceptors (Lipinski definition) is 6. The Morgan fingerprint density at radius 2 is 1.70 bits per heavy atom. The van der Waals surface area contributed by atoms with E-state index < -0.39 is 0 Å². The smallest absolute Gasteiger partial charge is 0.267 e. The molecule has 0 spiro atoms. The molecule has 37 heavy (non-hydrogen) atoms. The molecule has 2 aliphatic heterocycles. The lowest BCUT2D eigenvalue weighted by atomic mass is 9.99. The minimum absolute atomic E-state index is 0.196. The molecule has 1 saturated heterocycles. The fourth-order valence-electron chi connectivity index (χ4n) is 4.96. The van der Waals surface area contributed by atoms with Crippen molar-refractivity contribution in [3.05, 3.63) is 117 Å². The molecule has 1 atom stereocenters.